The van der Waals surface area contributed by atoms with Crippen molar-refractivity contribution in [3.05, 3.63) is 64.0 Å². The Bertz CT molecular complexity index is 808. The lowest BCUT2D eigenvalue weighted by Crippen LogP contribution is -2.27. The molecule has 2 rings (SSSR count). The molecule has 0 aliphatic carbocycles. The first-order valence-corrected chi connectivity index (χ1v) is 7.14. The van der Waals surface area contributed by atoms with E-state index in [2.05, 4.69) is 4.98 Å². The SMILES string of the molecule is Cc1ccc(C)c(Cc2ccc(C(=O)C(F)(F)F)c(C(F)(F)F)n2)c1. The fourth-order valence-corrected chi connectivity index (χ4v) is 2.34. The van der Waals surface area contributed by atoms with Crippen LogP contribution in [0, 0.1) is 13.8 Å². The predicted molar refractivity (Wildman–Crippen MR) is 78.3 cm³/mol. The van der Waals surface area contributed by atoms with Crippen molar-refractivity contribution in [3.63, 3.8) is 0 Å². The molecule has 0 aliphatic rings. The van der Waals surface area contributed by atoms with Crippen molar-refractivity contribution in [1.29, 1.82) is 0 Å². The van der Waals surface area contributed by atoms with Gasteiger partial charge in [0.25, 0.3) is 5.78 Å². The molecule has 25 heavy (non-hydrogen) atoms. The molecule has 1 aromatic carbocycles. The van der Waals surface area contributed by atoms with Gasteiger partial charge >= 0.3 is 12.4 Å². The molecule has 2 aromatic rings. The number of hydrogen-bond acceptors (Lipinski definition) is 2. The number of Topliss-reactive ketones (excluding diaryl/α,β-unsaturated/α-hetero) is 1. The van der Waals surface area contributed by atoms with Gasteiger partial charge in [-0.2, -0.15) is 26.3 Å². The highest BCUT2D eigenvalue weighted by Gasteiger charge is 2.45. The van der Waals surface area contributed by atoms with Crippen LogP contribution in [0.25, 0.3) is 0 Å². The lowest BCUT2D eigenvalue weighted by atomic mass is 10.00. The minimum Gasteiger partial charge on any atom is -0.284 e. The van der Waals surface area contributed by atoms with Crippen LogP contribution in [-0.2, 0) is 12.6 Å². The Kier molecular flexibility index (Phi) is 4.92. The highest BCUT2D eigenvalue weighted by Crippen LogP contribution is 2.34. The molecule has 0 saturated heterocycles. The van der Waals surface area contributed by atoms with Gasteiger partial charge in [0.15, 0.2) is 5.69 Å². The molecule has 0 N–H and O–H groups in total. The van der Waals surface area contributed by atoms with E-state index in [9.17, 15) is 31.1 Å². The first-order valence-electron chi connectivity index (χ1n) is 7.14. The number of carbonyl (C=O) groups excluding carboxylic acids is 1. The Morgan fingerprint density at radius 3 is 2.20 bits per heavy atom. The maximum Gasteiger partial charge on any atom is 0.454 e. The Morgan fingerprint density at radius 2 is 1.64 bits per heavy atom. The zero-order valence-corrected chi connectivity index (χ0v) is 13.2. The van der Waals surface area contributed by atoms with Gasteiger partial charge in [0.1, 0.15) is 0 Å². The maximum atomic E-state index is 13.1. The highest BCUT2D eigenvalue weighted by atomic mass is 19.4. The number of carbonyl (C=O) groups is 1. The topological polar surface area (TPSA) is 30.0 Å². The van der Waals surface area contributed by atoms with Crippen molar-refractivity contribution in [2.45, 2.75) is 32.6 Å². The van der Waals surface area contributed by atoms with E-state index in [4.69, 9.17) is 0 Å². The van der Waals surface area contributed by atoms with Gasteiger partial charge in [0, 0.05) is 12.1 Å². The van der Waals surface area contributed by atoms with Crippen LogP contribution in [-0.4, -0.2) is 16.9 Å². The van der Waals surface area contributed by atoms with E-state index in [1.165, 1.54) is 0 Å². The molecule has 1 aromatic heterocycles. The summed E-state index contributed by atoms with van der Waals surface area (Å²) in [7, 11) is 0. The molecular formula is C17H13F6NO. The highest BCUT2D eigenvalue weighted by molar-refractivity contribution is 6.01. The normalized spacial score (nSPS) is 12.3. The van der Waals surface area contributed by atoms with E-state index < -0.39 is 29.4 Å². The number of ketones is 1. The summed E-state index contributed by atoms with van der Waals surface area (Å²) in [4.78, 5) is 14.5. The lowest BCUT2D eigenvalue weighted by molar-refractivity contribution is -0.142. The van der Waals surface area contributed by atoms with E-state index in [1.54, 1.807) is 19.1 Å². The largest absolute Gasteiger partial charge is 0.454 e. The summed E-state index contributed by atoms with van der Waals surface area (Å²) in [6.45, 7) is 3.57. The molecule has 1 heterocycles. The fraction of sp³-hybridized carbons (Fsp3) is 0.294. The van der Waals surface area contributed by atoms with Gasteiger partial charge in [-0.3, -0.25) is 4.79 Å². The molecule has 2 nitrogen and oxygen atoms in total. The smallest absolute Gasteiger partial charge is 0.284 e. The first-order chi connectivity index (χ1) is 11.4. The van der Waals surface area contributed by atoms with E-state index in [1.807, 2.05) is 13.0 Å². The Labute approximate surface area is 139 Å². The third-order valence-electron chi connectivity index (χ3n) is 3.60. The summed E-state index contributed by atoms with van der Waals surface area (Å²) in [5.41, 5.74) is -0.977. The van der Waals surface area contributed by atoms with Gasteiger partial charge < -0.3 is 0 Å². The second-order valence-electron chi connectivity index (χ2n) is 5.63. The van der Waals surface area contributed by atoms with Crippen LogP contribution < -0.4 is 0 Å². The third-order valence-corrected chi connectivity index (χ3v) is 3.60. The molecule has 0 radical (unpaired) electrons. The molecular weight excluding hydrogens is 348 g/mol. The fourth-order valence-electron chi connectivity index (χ4n) is 2.34. The lowest BCUT2D eigenvalue weighted by Gasteiger charge is -2.14. The van der Waals surface area contributed by atoms with Crippen molar-refractivity contribution in [2.24, 2.45) is 0 Å². The van der Waals surface area contributed by atoms with Gasteiger partial charge in [-0.1, -0.05) is 23.8 Å². The second kappa shape index (κ2) is 6.50. The standard InChI is InChI=1S/C17H13F6NO/c1-9-3-4-10(2)11(7-9)8-12-5-6-13(15(25)17(21,22)23)14(24-12)16(18,19)20/h3-7H,8H2,1-2H3. The Morgan fingerprint density at radius 1 is 1.00 bits per heavy atom. The van der Waals surface area contributed by atoms with Crippen LogP contribution in [0.3, 0.4) is 0 Å². The molecule has 0 spiro atoms. The monoisotopic (exact) mass is 361 g/mol. The van der Waals surface area contributed by atoms with Crippen molar-refractivity contribution in [3.8, 4) is 0 Å². The molecule has 8 heteroatoms. The molecule has 0 fully saturated rings. The Hall–Kier alpha value is -2.38. The van der Waals surface area contributed by atoms with Crippen LogP contribution in [0.4, 0.5) is 26.3 Å². The number of hydrogen-bond donors (Lipinski definition) is 0. The second-order valence-corrected chi connectivity index (χ2v) is 5.63. The molecule has 134 valence electrons. The van der Waals surface area contributed by atoms with E-state index in [-0.39, 0.29) is 12.1 Å². The number of pyridine rings is 1. The van der Waals surface area contributed by atoms with Crippen LogP contribution in [0.5, 0.6) is 0 Å². The molecule has 0 saturated carbocycles. The molecule has 0 aliphatic heterocycles. The van der Waals surface area contributed by atoms with Gasteiger partial charge in [0.2, 0.25) is 0 Å². The molecule has 0 atom stereocenters. The minimum atomic E-state index is -5.41. The van der Waals surface area contributed by atoms with Crippen LogP contribution >= 0.6 is 0 Å². The van der Waals surface area contributed by atoms with Crippen molar-refractivity contribution < 1.29 is 31.1 Å². The van der Waals surface area contributed by atoms with Gasteiger partial charge in [0.05, 0.1) is 5.56 Å². The van der Waals surface area contributed by atoms with E-state index in [0.717, 1.165) is 17.2 Å². The van der Waals surface area contributed by atoms with Crippen molar-refractivity contribution in [2.75, 3.05) is 0 Å². The molecule has 0 amide bonds. The Balaban J connectivity index is 2.49. The number of aromatic nitrogens is 1. The van der Waals surface area contributed by atoms with Crippen molar-refractivity contribution in [1.82, 2.24) is 4.98 Å². The molecule has 0 unspecified atom stereocenters. The average Bonchev–Trinajstić information content (AvgIpc) is 2.48. The summed E-state index contributed by atoms with van der Waals surface area (Å²) >= 11 is 0. The number of alkyl halides is 6. The number of rotatable bonds is 3. The number of nitrogens with zero attached hydrogens (tertiary/aromatic N) is 1. The summed E-state index contributed by atoms with van der Waals surface area (Å²) in [5.74, 6) is -2.56. The quantitative estimate of drug-likeness (QED) is 0.565. The minimum absolute atomic E-state index is 0.0110. The summed E-state index contributed by atoms with van der Waals surface area (Å²) in [5, 5.41) is 0. The maximum absolute atomic E-state index is 13.1. The number of aryl methyl sites for hydroxylation is 2. The molecule has 0 bridgehead atoms. The van der Waals surface area contributed by atoms with Crippen molar-refractivity contribution >= 4 is 5.78 Å². The van der Waals surface area contributed by atoms with Crippen LogP contribution in [0.1, 0.15) is 38.4 Å². The number of benzene rings is 1. The third kappa shape index (κ3) is 4.37. The average molecular weight is 361 g/mol. The van der Waals surface area contributed by atoms with Gasteiger partial charge in [-0.05, 0) is 37.1 Å². The summed E-state index contributed by atoms with van der Waals surface area (Å²) < 4.78 is 76.7. The van der Waals surface area contributed by atoms with E-state index in [0.29, 0.717) is 11.6 Å². The number of halogens is 6. The zero-order chi connectivity index (χ0) is 19.0. The van der Waals surface area contributed by atoms with Gasteiger partial charge in [-0.25, -0.2) is 4.98 Å². The zero-order valence-electron chi connectivity index (χ0n) is 13.2. The van der Waals surface area contributed by atoms with Crippen LogP contribution in [0.2, 0.25) is 0 Å². The summed E-state index contributed by atoms with van der Waals surface area (Å²) in [6, 6.07) is 6.93. The van der Waals surface area contributed by atoms with E-state index >= 15 is 0 Å². The van der Waals surface area contributed by atoms with Gasteiger partial charge in [-0.15, -0.1) is 0 Å². The summed E-state index contributed by atoms with van der Waals surface area (Å²) in [6.07, 6.45) is -10.6. The predicted octanol–water partition coefficient (Wildman–Crippen LogP) is 5.05. The first kappa shape index (κ1) is 19.0. The van der Waals surface area contributed by atoms with Crippen LogP contribution in [0.15, 0.2) is 30.3 Å².